The second kappa shape index (κ2) is 5.95. The van der Waals surface area contributed by atoms with Crippen molar-refractivity contribution in [2.24, 2.45) is 0 Å². The Bertz CT molecular complexity index is 170. The molecule has 0 fully saturated rings. The first-order valence-corrected chi connectivity index (χ1v) is 5.19. The molecule has 0 rings (SSSR count). The van der Waals surface area contributed by atoms with Crippen LogP contribution in [-0.4, -0.2) is 50.5 Å². The van der Waals surface area contributed by atoms with Gasteiger partial charge in [-0.1, -0.05) is 0 Å². The number of aliphatic hydroxyl groups is 2. The summed E-state index contributed by atoms with van der Waals surface area (Å²) in [5, 5.41) is 17.3. The van der Waals surface area contributed by atoms with E-state index in [0.29, 0.717) is 0 Å². The standard InChI is InChI=1S/C6H10GeO6/c1-3(8)5(10)12-7-13-6(11)4(2)9/h3-4,8-9H,1-2H3. The van der Waals surface area contributed by atoms with Crippen LogP contribution in [0.4, 0.5) is 0 Å². The molecule has 0 amide bonds. The Hall–Kier alpha value is -0.597. The van der Waals surface area contributed by atoms with Crippen molar-refractivity contribution in [1.82, 2.24) is 0 Å². The minimum atomic E-state index is -1.67. The molecule has 2 radical (unpaired) electrons. The predicted molar refractivity (Wildman–Crippen MR) is 41.3 cm³/mol. The van der Waals surface area contributed by atoms with E-state index in [2.05, 4.69) is 7.53 Å². The van der Waals surface area contributed by atoms with E-state index < -0.39 is 40.3 Å². The molecule has 0 saturated heterocycles. The van der Waals surface area contributed by atoms with Crippen molar-refractivity contribution < 1.29 is 27.3 Å². The first kappa shape index (κ1) is 12.4. The summed E-state index contributed by atoms with van der Waals surface area (Å²) in [5.41, 5.74) is 0. The van der Waals surface area contributed by atoms with Crippen molar-refractivity contribution in [3.05, 3.63) is 0 Å². The third kappa shape index (κ3) is 5.61. The number of carbonyl (C=O) groups excluding carboxylic acids is 2. The van der Waals surface area contributed by atoms with Crippen LogP contribution in [0.1, 0.15) is 13.8 Å². The number of carbonyl (C=O) groups is 2. The molecule has 2 atom stereocenters. The summed E-state index contributed by atoms with van der Waals surface area (Å²) in [6, 6.07) is 0. The summed E-state index contributed by atoms with van der Waals surface area (Å²) in [6.45, 7) is 2.48. The monoisotopic (exact) mass is 252 g/mol. The molecule has 74 valence electrons. The van der Waals surface area contributed by atoms with Gasteiger partial charge >= 0.3 is 81.4 Å². The normalized spacial score (nSPS) is 14.5. The fraction of sp³-hybridized carbons (Fsp3) is 0.667. The molecule has 0 aliphatic carbocycles. The van der Waals surface area contributed by atoms with Gasteiger partial charge in [-0.25, -0.2) is 0 Å². The molecule has 2 N–H and O–H groups in total. The molecule has 0 aromatic heterocycles. The summed E-state index contributed by atoms with van der Waals surface area (Å²) in [7, 11) is 0. The van der Waals surface area contributed by atoms with E-state index in [1.54, 1.807) is 0 Å². The molecule has 13 heavy (non-hydrogen) atoms. The third-order valence-corrected chi connectivity index (χ3v) is 2.16. The quantitative estimate of drug-likeness (QED) is 0.582. The van der Waals surface area contributed by atoms with Crippen molar-refractivity contribution in [2.45, 2.75) is 26.1 Å². The number of hydrogen-bond donors (Lipinski definition) is 2. The predicted octanol–water partition coefficient (Wildman–Crippen LogP) is -1.63. The van der Waals surface area contributed by atoms with Crippen LogP contribution in [0, 0.1) is 0 Å². The van der Waals surface area contributed by atoms with Crippen LogP contribution >= 0.6 is 0 Å². The fourth-order valence-corrected chi connectivity index (χ4v) is 1.42. The van der Waals surface area contributed by atoms with Crippen LogP contribution < -0.4 is 0 Å². The van der Waals surface area contributed by atoms with Gasteiger partial charge in [0.15, 0.2) is 0 Å². The molecule has 0 saturated carbocycles. The second-order valence-corrected chi connectivity index (χ2v) is 3.48. The molecular weight excluding hydrogens is 241 g/mol. The van der Waals surface area contributed by atoms with Gasteiger partial charge < -0.3 is 0 Å². The molecule has 0 aliphatic rings. The molecule has 0 aromatic carbocycles. The molecule has 7 heteroatoms. The maximum absolute atomic E-state index is 10.6. The Balaban J connectivity index is 3.57. The van der Waals surface area contributed by atoms with Gasteiger partial charge in [-0.3, -0.25) is 0 Å². The van der Waals surface area contributed by atoms with Crippen molar-refractivity contribution in [1.29, 1.82) is 0 Å². The van der Waals surface area contributed by atoms with Gasteiger partial charge in [0, 0.05) is 0 Å². The van der Waals surface area contributed by atoms with E-state index in [0.717, 1.165) is 0 Å². The van der Waals surface area contributed by atoms with Crippen LogP contribution in [-0.2, 0) is 17.1 Å². The van der Waals surface area contributed by atoms with Gasteiger partial charge in [0.2, 0.25) is 0 Å². The van der Waals surface area contributed by atoms with Crippen LogP contribution in [0.5, 0.6) is 0 Å². The van der Waals surface area contributed by atoms with Gasteiger partial charge in [0.1, 0.15) is 0 Å². The Morgan fingerprint density at radius 1 is 1.08 bits per heavy atom. The van der Waals surface area contributed by atoms with E-state index in [4.69, 9.17) is 10.2 Å². The average Bonchev–Trinajstić information content (AvgIpc) is 2.03. The van der Waals surface area contributed by atoms with E-state index in [1.165, 1.54) is 13.8 Å². The van der Waals surface area contributed by atoms with Crippen molar-refractivity contribution in [2.75, 3.05) is 0 Å². The number of hydrogen-bond acceptors (Lipinski definition) is 6. The van der Waals surface area contributed by atoms with Gasteiger partial charge in [-0.05, 0) is 0 Å². The zero-order chi connectivity index (χ0) is 10.4. The first-order chi connectivity index (χ1) is 5.95. The molecule has 0 bridgehead atoms. The summed E-state index contributed by atoms with van der Waals surface area (Å²) < 4.78 is 8.81. The van der Waals surface area contributed by atoms with Crippen LogP contribution in [0.3, 0.4) is 0 Å². The van der Waals surface area contributed by atoms with E-state index in [1.807, 2.05) is 0 Å². The summed E-state index contributed by atoms with van der Waals surface area (Å²) in [4.78, 5) is 21.2. The first-order valence-electron chi connectivity index (χ1n) is 3.47. The average molecular weight is 251 g/mol. The summed E-state index contributed by atoms with van der Waals surface area (Å²) in [6.07, 6.45) is -2.46. The van der Waals surface area contributed by atoms with E-state index >= 15 is 0 Å². The molecule has 0 aliphatic heterocycles. The van der Waals surface area contributed by atoms with Crippen LogP contribution in [0.2, 0.25) is 0 Å². The van der Waals surface area contributed by atoms with Gasteiger partial charge in [0.05, 0.1) is 0 Å². The van der Waals surface area contributed by atoms with Gasteiger partial charge in [0.25, 0.3) is 0 Å². The summed E-state index contributed by atoms with van der Waals surface area (Å²) in [5.74, 6) is -1.67. The van der Waals surface area contributed by atoms with Crippen molar-refractivity contribution in [3.63, 3.8) is 0 Å². The molecular formula is C6H10GeO6. The molecule has 2 unspecified atom stereocenters. The number of aliphatic hydroxyl groups excluding tert-OH is 2. The summed E-state index contributed by atoms with van der Waals surface area (Å²) >= 11 is -1.67. The van der Waals surface area contributed by atoms with E-state index in [-0.39, 0.29) is 0 Å². The number of rotatable bonds is 4. The van der Waals surface area contributed by atoms with Crippen molar-refractivity contribution >= 4 is 28.0 Å². The Labute approximate surface area is 82.0 Å². The molecule has 0 aromatic rings. The molecule has 0 spiro atoms. The van der Waals surface area contributed by atoms with Crippen LogP contribution in [0.25, 0.3) is 0 Å². The zero-order valence-electron chi connectivity index (χ0n) is 7.18. The molecule has 6 nitrogen and oxygen atoms in total. The second-order valence-electron chi connectivity index (χ2n) is 2.28. The zero-order valence-corrected chi connectivity index (χ0v) is 9.28. The molecule has 0 heterocycles. The Morgan fingerprint density at radius 3 is 1.62 bits per heavy atom. The minimum absolute atomic E-state index is 0.835. The van der Waals surface area contributed by atoms with Crippen molar-refractivity contribution in [3.8, 4) is 0 Å². The SMILES string of the molecule is CC(O)C(=O)[O][Ge][O]C(=O)C(C)O. The van der Waals surface area contributed by atoms with E-state index in [9.17, 15) is 9.59 Å². The Kier molecular flexibility index (Phi) is 5.68. The maximum atomic E-state index is 10.6. The Morgan fingerprint density at radius 2 is 1.38 bits per heavy atom. The van der Waals surface area contributed by atoms with Crippen LogP contribution in [0.15, 0.2) is 0 Å². The van der Waals surface area contributed by atoms with Gasteiger partial charge in [-0.15, -0.1) is 0 Å². The topological polar surface area (TPSA) is 93.1 Å². The van der Waals surface area contributed by atoms with Gasteiger partial charge in [-0.2, -0.15) is 0 Å². The third-order valence-electron chi connectivity index (χ3n) is 0.967. The fourth-order valence-electron chi connectivity index (χ4n) is 0.274.